The molecular formula is C23H21ClO3. The fourth-order valence-corrected chi connectivity index (χ4v) is 5.37. The quantitative estimate of drug-likeness (QED) is 0.731. The second-order valence-electron chi connectivity index (χ2n) is 7.85. The number of fused-ring (bicyclic) bond motifs is 5. The Kier molecular flexibility index (Phi) is 3.99. The minimum atomic E-state index is -0.630. The van der Waals surface area contributed by atoms with Gasteiger partial charge in [0.05, 0.1) is 24.0 Å². The highest BCUT2D eigenvalue weighted by Crippen LogP contribution is 2.52. The number of ether oxygens (including phenoxy) is 1. The first-order chi connectivity index (χ1) is 13.1. The van der Waals surface area contributed by atoms with Crippen LogP contribution in [-0.4, -0.2) is 23.8 Å². The number of halogens is 1. The Morgan fingerprint density at radius 1 is 0.926 bits per heavy atom. The van der Waals surface area contributed by atoms with Gasteiger partial charge in [0.1, 0.15) is 5.92 Å². The maximum Gasteiger partial charge on any atom is 0.154 e. The van der Waals surface area contributed by atoms with E-state index < -0.39 is 5.92 Å². The number of hydrogen-bond acceptors (Lipinski definition) is 3. The molecule has 2 aliphatic heterocycles. The van der Waals surface area contributed by atoms with Gasteiger partial charge in [-0.15, -0.1) is 0 Å². The summed E-state index contributed by atoms with van der Waals surface area (Å²) in [6.07, 6.45) is 2.51. The molecule has 0 radical (unpaired) electrons. The summed E-state index contributed by atoms with van der Waals surface area (Å²) in [5.41, 5.74) is 4.00. The average Bonchev–Trinajstić information content (AvgIpc) is 3.36. The summed E-state index contributed by atoms with van der Waals surface area (Å²) >= 11 is 6.01. The van der Waals surface area contributed by atoms with Crippen LogP contribution >= 0.6 is 11.6 Å². The largest absolute Gasteiger partial charge is 0.373 e. The summed E-state index contributed by atoms with van der Waals surface area (Å²) in [7, 11) is 0. The van der Waals surface area contributed by atoms with Gasteiger partial charge in [-0.3, -0.25) is 9.59 Å². The van der Waals surface area contributed by atoms with E-state index >= 15 is 0 Å². The van der Waals surface area contributed by atoms with Crippen molar-refractivity contribution in [3.05, 3.63) is 58.6 Å². The molecule has 138 valence electrons. The summed E-state index contributed by atoms with van der Waals surface area (Å²) in [4.78, 5) is 26.5. The van der Waals surface area contributed by atoms with Crippen molar-refractivity contribution in [2.24, 2.45) is 11.8 Å². The summed E-state index contributed by atoms with van der Waals surface area (Å²) < 4.78 is 5.87. The van der Waals surface area contributed by atoms with Gasteiger partial charge >= 0.3 is 0 Å². The van der Waals surface area contributed by atoms with Gasteiger partial charge in [0.25, 0.3) is 0 Å². The molecule has 2 saturated heterocycles. The van der Waals surface area contributed by atoms with E-state index in [4.69, 9.17) is 16.3 Å². The molecule has 3 nitrogen and oxygen atoms in total. The van der Waals surface area contributed by atoms with Crippen LogP contribution in [0.4, 0.5) is 0 Å². The lowest BCUT2D eigenvalue weighted by molar-refractivity contribution is -0.127. The van der Waals surface area contributed by atoms with E-state index in [9.17, 15) is 9.59 Å². The molecule has 1 unspecified atom stereocenters. The third-order valence-corrected chi connectivity index (χ3v) is 6.77. The fourth-order valence-electron chi connectivity index (χ4n) is 5.24. The maximum atomic E-state index is 13.2. The molecule has 5 atom stereocenters. The van der Waals surface area contributed by atoms with Crippen LogP contribution in [0.15, 0.2) is 42.5 Å². The van der Waals surface area contributed by atoms with Crippen LogP contribution in [0.3, 0.4) is 0 Å². The Hall–Kier alpha value is -1.97. The highest BCUT2D eigenvalue weighted by molar-refractivity contribution is 6.30. The summed E-state index contributed by atoms with van der Waals surface area (Å²) in [5.74, 6) is -0.954. The minimum Gasteiger partial charge on any atom is -0.373 e. The second kappa shape index (κ2) is 6.29. The van der Waals surface area contributed by atoms with Gasteiger partial charge in [0, 0.05) is 5.02 Å². The molecule has 0 amide bonds. The van der Waals surface area contributed by atoms with Gasteiger partial charge in [-0.05, 0) is 59.7 Å². The molecular weight excluding hydrogens is 360 g/mol. The number of rotatable bonds is 3. The molecule has 4 heteroatoms. The second-order valence-corrected chi connectivity index (χ2v) is 8.29. The third kappa shape index (κ3) is 2.52. The van der Waals surface area contributed by atoms with Gasteiger partial charge in [0.2, 0.25) is 0 Å². The SMILES string of the molecule is CCc1ccc(-c2ccc(Cl)cc2)cc1C1C(=O)[C@@H]2[C@H](C1=O)[C@@H]1CC[C@@H]2O1. The lowest BCUT2D eigenvalue weighted by Gasteiger charge is -2.17. The molecule has 2 bridgehead atoms. The zero-order valence-electron chi connectivity index (χ0n) is 15.2. The Morgan fingerprint density at radius 3 is 2.11 bits per heavy atom. The van der Waals surface area contributed by atoms with Crippen LogP contribution in [-0.2, 0) is 20.7 Å². The molecule has 1 saturated carbocycles. The van der Waals surface area contributed by atoms with Crippen molar-refractivity contribution in [3.63, 3.8) is 0 Å². The van der Waals surface area contributed by atoms with Gasteiger partial charge in [0.15, 0.2) is 11.6 Å². The van der Waals surface area contributed by atoms with E-state index in [0.717, 1.165) is 41.5 Å². The normalized spacial score (nSPS) is 31.6. The van der Waals surface area contributed by atoms with Crippen LogP contribution in [0.5, 0.6) is 0 Å². The van der Waals surface area contributed by atoms with Crippen molar-refractivity contribution in [1.29, 1.82) is 0 Å². The van der Waals surface area contributed by atoms with E-state index in [0.29, 0.717) is 5.02 Å². The van der Waals surface area contributed by atoms with E-state index in [2.05, 4.69) is 19.1 Å². The topological polar surface area (TPSA) is 43.4 Å². The van der Waals surface area contributed by atoms with E-state index in [-0.39, 0.29) is 35.6 Å². The monoisotopic (exact) mass is 380 g/mol. The Morgan fingerprint density at radius 2 is 1.52 bits per heavy atom. The van der Waals surface area contributed by atoms with Crippen molar-refractivity contribution >= 4 is 23.2 Å². The lowest BCUT2D eigenvalue weighted by Crippen LogP contribution is -2.29. The zero-order chi connectivity index (χ0) is 18.7. The predicted molar refractivity (Wildman–Crippen MR) is 104 cm³/mol. The minimum absolute atomic E-state index is 0.0500. The molecule has 0 aromatic heterocycles. The number of carbonyl (C=O) groups is 2. The van der Waals surface area contributed by atoms with Crippen LogP contribution < -0.4 is 0 Å². The Balaban J connectivity index is 1.58. The molecule has 2 heterocycles. The van der Waals surface area contributed by atoms with Crippen LogP contribution in [0, 0.1) is 11.8 Å². The zero-order valence-corrected chi connectivity index (χ0v) is 15.9. The first kappa shape index (κ1) is 17.2. The average molecular weight is 381 g/mol. The first-order valence-corrected chi connectivity index (χ1v) is 10.1. The lowest BCUT2D eigenvalue weighted by atomic mass is 9.81. The number of benzene rings is 2. The van der Waals surface area contributed by atoms with Crippen LogP contribution in [0.1, 0.15) is 36.8 Å². The predicted octanol–water partition coefficient (Wildman–Crippen LogP) is 4.60. The number of aryl methyl sites for hydroxylation is 1. The van der Waals surface area contributed by atoms with E-state index in [1.54, 1.807) is 0 Å². The highest BCUT2D eigenvalue weighted by atomic mass is 35.5. The van der Waals surface area contributed by atoms with Crippen LogP contribution in [0.2, 0.25) is 5.02 Å². The smallest absolute Gasteiger partial charge is 0.154 e. The summed E-state index contributed by atoms with van der Waals surface area (Å²) in [6, 6.07) is 13.8. The molecule has 2 aromatic carbocycles. The maximum absolute atomic E-state index is 13.2. The van der Waals surface area contributed by atoms with E-state index in [1.807, 2.05) is 30.3 Å². The van der Waals surface area contributed by atoms with Crippen molar-refractivity contribution < 1.29 is 14.3 Å². The van der Waals surface area contributed by atoms with Gasteiger partial charge < -0.3 is 4.74 Å². The fraction of sp³-hybridized carbons (Fsp3) is 0.391. The molecule has 3 aliphatic rings. The van der Waals surface area contributed by atoms with Gasteiger partial charge in [-0.1, -0.05) is 42.8 Å². The van der Waals surface area contributed by atoms with Gasteiger partial charge in [-0.2, -0.15) is 0 Å². The molecule has 0 N–H and O–H groups in total. The molecule has 1 aliphatic carbocycles. The van der Waals surface area contributed by atoms with E-state index in [1.165, 1.54) is 0 Å². The standard InChI is InChI=1S/C23H21ClO3/c1-2-12-3-4-14(13-5-7-15(24)8-6-13)11-16(12)19-22(25)20-17-9-10-18(27-17)21(20)23(19)26/h3-8,11,17-21H,2,9-10H2,1H3/t17-,18-,19?,20-,21+/m0/s1. The molecule has 0 spiro atoms. The molecule has 2 aromatic rings. The number of ketones is 2. The first-order valence-electron chi connectivity index (χ1n) is 9.70. The van der Waals surface area contributed by atoms with Crippen molar-refractivity contribution in [3.8, 4) is 11.1 Å². The third-order valence-electron chi connectivity index (χ3n) is 6.51. The number of carbonyl (C=O) groups excluding carboxylic acids is 2. The highest BCUT2D eigenvalue weighted by Gasteiger charge is 2.63. The Bertz CT molecular complexity index is 905. The molecule has 3 fully saturated rings. The molecule has 27 heavy (non-hydrogen) atoms. The van der Waals surface area contributed by atoms with Gasteiger partial charge in [-0.25, -0.2) is 0 Å². The Labute approximate surface area is 163 Å². The van der Waals surface area contributed by atoms with Crippen molar-refractivity contribution in [2.45, 2.75) is 44.3 Å². The van der Waals surface area contributed by atoms with Crippen molar-refractivity contribution in [1.82, 2.24) is 0 Å². The summed E-state index contributed by atoms with van der Waals surface area (Å²) in [6.45, 7) is 2.07. The van der Waals surface area contributed by atoms with Crippen LogP contribution in [0.25, 0.3) is 11.1 Å². The molecule has 5 rings (SSSR count). The number of Topliss-reactive ketones (excluding diaryl/α,β-unsaturated/α-hetero) is 2. The summed E-state index contributed by atoms with van der Waals surface area (Å²) in [5, 5.41) is 0.689. The number of hydrogen-bond donors (Lipinski definition) is 0. The van der Waals surface area contributed by atoms with Crippen molar-refractivity contribution in [2.75, 3.05) is 0 Å².